The van der Waals surface area contributed by atoms with Gasteiger partial charge in [-0.05, 0) is 5.92 Å². The molecule has 4 N–H and O–H groups in total. The molecule has 2 aromatic heterocycles. The highest BCUT2D eigenvalue weighted by atomic mass is 15.3. The van der Waals surface area contributed by atoms with Crippen molar-refractivity contribution in [2.24, 2.45) is 5.84 Å². The van der Waals surface area contributed by atoms with Gasteiger partial charge in [0.25, 0.3) is 0 Å². The third-order valence-electron chi connectivity index (χ3n) is 2.82. The molecule has 0 aliphatic rings. The fourth-order valence-corrected chi connectivity index (χ4v) is 1.92. The average Bonchev–Trinajstić information content (AvgIpc) is 2.91. The lowest BCUT2D eigenvalue weighted by Gasteiger charge is -2.16. The van der Waals surface area contributed by atoms with Crippen molar-refractivity contribution in [2.75, 3.05) is 17.3 Å². The first kappa shape index (κ1) is 13.3. The monoisotopic (exact) mass is 261 g/mol. The third kappa shape index (κ3) is 3.19. The number of rotatable bonds is 6. The minimum absolute atomic E-state index is 0.281. The summed E-state index contributed by atoms with van der Waals surface area (Å²) >= 11 is 0. The Labute approximate surface area is 112 Å². The summed E-state index contributed by atoms with van der Waals surface area (Å²) in [5, 5.41) is 3.31. The van der Waals surface area contributed by atoms with Crippen LogP contribution >= 0.6 is 0 Å². The van der Waals surface area contributed by atoms with Gasteiger partial charge >= 0.3 is 0 Å². The molecule has 0 amide bonds. The van der Waals surface area contributed by atoms with Gasteiger partial charge in [0.05, 0.1) is 6.33 Å². The van der Waals surface area contributed by atoms with Crippen molar-refractivity contribution in [1.82, 2.24) is 19.5 Å². The van der Waals surface area contributed by atoms with Gasteiger partial charge in [0.2, 0.25) is 0 Å². The molecule has 0 aromatic carbocycles. The Balaban J connectivity index is 2.07. The SMILES string of the molecule is CC(C)c1c(NN)ncnc1NCCn1ccnc1. The first-order valence-corrected chi connectivity index (χ1v) is 6.23. The second-order valence-corrected chi connectivity index (χ2v) is 4.51. The van der Waals surface area contributed by atoms with Gasteiger partial charge in [-0.25, -0.2) is 20.8 Å². The Kier molecular flexibility index (Phi) is 4.30. The lowest BCUT2D eigenvalue weighted by atomic mass is 10.0. The van der Waals surface area contributed by atoms with Crippen LogP contribution in [0.5, 0.6) is 0 Å². The van der Waals surface area contributed by atoms with Crippen molar-refractivity contribution in [1.29, 1.82) is 0 Å². The summed E-state index contributed by atoms with van der Waals surface area (Å²) in [4.78, 5) is 12.4. The van der Waals surface area contributed by atoms with E-state index in [4.69, 9.17) is 5.84 Å². The maximum absolute atomic E-state index is 5.48. The van der Waals surface area contributed by atoms with Gasteiger partial charge in [0.15, 0.2) is 0 Å². The molecule has 2 rings (SSSR count). The van der Waals surface area contributed by atoms with Gasteiger partial charge < -0.3 is 15.3 Å². The van der Waals surface area contributed by atoms with E-state index in [9.17, 15) is 0 Å². The molecular formula is C12H19N7. The van der Waals surface area contributed by atoms with Crippen LogP contribution in [0.15, 0.2) is 25.0 Å². The minimum atomic E-state index is 0.281. The maximum Gasteiger partial charge on any atom is 0.148 e. The number of anilines is 2. The van der Waals surface area contributed by atoms with E-state index in [0.717, 1.165) is 24.5 Å². The molecule has 7 heteroatoms. The number of nitrogens with one attached hydrogen (secondary N) is 2. The van der Waals surface area contributed by atoms with Crippen molar-refractivity contribution in [3.63, 3.8) is 0 Å². The smallest absolute Gasteiger partial charge is 0.148 e. The number of imidazole rings is 1. The Bertz CT molecular complexity index is 507. The number of nitrogens with two attached hydrogens (primary N) is 1. The molecule has 0 aliphatic carbocycles. The first-order valence-electron chi connectivity index (χ1n) is 6.23. The number of hydrogen-bond acceptors (Lipinski definition) is 6. The number of aromatic nitrogens is 4. The van der Waals surface area contributed by atoms with E-state index in [2.05, 4.69) is 39.5 Å². The number of hydrazine groups is 1. The summed E-state index contributed by atoms with van der Waals surface area (Å²) in [6.45, 7) is 5.76. The lowest BCUT2D eigenvalue weighted by Crippen LogP contribution is -2.17. The largest absolute Gasteiger partial charge is 0.368 e. The van der Waals surface area contributed by atoms with E-state index in [0.29, 0.717) is 5.82 Å². The van der Waals surface area contributed by atoms with E-state index in [-0.39, 0.29) is 5.92 Å². The highest BCUT2D eigenvalue weighted by molar-refractivity contribution is 5.58. The zero-order chi connectivity index (χ0) is 13.7. The zero-order valence-electron chi connectivity index (χ0n) is 11.2. The molecule has 0 saturated carbocycles. The van der Waals surface area contributed by atoms with Gasteiger partial charge in [-0.2, -0.15) is 0 Å². The summed E-state index contributed by atoms with van der Waals surface area (Å²) < 4.78 is 2.01. The summed E-state index contributed by atoms with van der Waals surface area (Å²) in [6, 6.07) is 0. The molecule has 2 heterocycles. The van der Waals surface area contributed by atoms with E-state index in [1.54, 1.807) is 12.5 Å². The Morgan fingerprint density at radius 3 is 2.74 bits per heavy atom. The van der Waals surface area contributed by atoms with Crippen LogP contribution in [0.25, 0.3) is 0 Å². The van der Waals surface area contributed by atoms with Crippen molar-refractivity contribution in [3.05, 3.63) is 30.6 Å². The quantitative estimate of drug-likeness (QED) is 0.534. The number of nitrogens with zero attached hydrogens (tertiary/aromatic N) is 4. The van der Waals surface area contributed by atoms with Crippen molar-refractivity contribution in [2.45, 2.75) is 26.3 Å². The molecule has 0 unspecified atom stereocenters. The van der Waals surface area contributed by atoms with Crippen LogP contribution < -0.4 is 16.6 Å². The predicted molar refractivity (Wildman–Crippen MR) is 74.6 cm³/mol. The fraction of sp³-hybridized carbons (Fsp3) is 0.417. The van der Waals surface area contributed by atoms with Crippen LogP contribution in [0.3, 0.4) is 0 Å². The molecule has 0 saturated heterocycles. The minimum Gasteiger partial charge on any atom is -0.368 e. The standard InChI is InChI=1S/C12H19N7/c1-9(2)10-11(16-7-17-12(10)18-13)15-4-6-19-5-3-14-8-19/h3,5,7-9H,4,6,13H2,1-2H3,(H2,15,16,17,18). The third-order valence-corrected chi connectivity index (χ3v) is 2.82. The van der Waals surface area contributed by atoms with E-state index < -0.39 is 0 Å². The second-order valence-electron chi connectivity index (χ2n) is 4.51. The zero-order valence-corrected chi connectivity index (χ0v) is 11.2. The molecule has 0 radical (unpaired) electrons. The van der Waals surface area contributed by atoms with Gasteiger partial charge in [0.1, 0.15) is 18.0 Å². The van der Waals surface area contributed by atoms with Gasteiger partial charge in [-0.3, -0.25) is 0 Å². The van der Waals surface area contributed by atoms with E-state index in [1.807, 2.05) is 10.8 Å². The summed E-state index contributed by atoms with van der Waals surface area (Å²) in [6.07, 6.45) is 6.98. The van der Waals surface area contributed by atoms with Crippen LogP contribution in [0.2, 0.25) is 0 Å². The Morgan fingerprint density at radius 2 is 2.11 bits per heavy atom. The van der Waals surface area contributed by atoms with Crippen LogP contribution in [0.1, 0.15) is 25.3 Å². The molecular weight excluding hydrogens is 242 g/mol. The molecule has 19 heavy (non-hydrogen) atoms. The maximum atomic E-state index is 5.48. The second kappa shape index (κ2) is 6.14. The lowest BCUT2D eigenvalue weighted by molar-refractivity contribution is 0.722. The predicted octanol–water partition coefficient (Wildman–Crippen LogP) is 1.19. The molecule has 0 aliphatic heterocycles. The number of hydrogen-bond donors (Lipinski definition) is 3. The molecule has 0 spiro atoms. The first-order chi connectivity index (χ1) is 9.22. The van der Waals surface area contributed by atoms with E-state index >= 15 is 0 Å². The molecule has 102 valence electrons. The highest BCUT2D eigenvalue weighted by Gasteiger charge is 2.13. The summed E-state index contributed by atoms with van der Waals surface area (Å²) in [5.74, 6) is 7.24. The molecule has 0 fully saturated rings. The van der Waals surface area contributed by atoms with Crippen LogP contribution in [0, 0.1) is 0 Å². The highest BCUT2D eigenvalue weighted by Crippen LogP contribution is 2.27. The van der Waals surface area contributed by atoms with Crippen molar-refractivity contribution in [3.8, 4) is 0 Å². The van der Waals surface area contributed by atoms with E-state index in [1.165, 1.54) is 6.33 Å². The summed E-state index contributed by atoms with van der Waals surface area (Å²) in [7, 11) is 0. The average molecular weight is 261 g/mol. The molecule has 0 bridgehead atoms. The molecule has 2 aromatic rings. The molecule has 0 atom stereocenters. The summed E-state index contributed by atoms with van der Waals surface area (Å²) in [5.41, 5.74) is 3.61. The topological polar surface area (TPSA) is 93.7 Å². The Morgan fingerprint density at radius 1 is 1.32 bits per heavy atom. The molecule has 7 nitrogen and oxygen atoms in total. The normalized spacial score (nSPS) is 10.7. The van der Waals surface area contributed by atoms with Crippen LogP contribution in [0.4, 0.5) is 11.6 Å². The number of nitrogen functional groups attached to an aromatic ring is 1. The van der Waals surface area contributed by atoms with Crippen molar-refractivity contribution >= 4 is 11.6 Å². The fourth-order valence-electron chi connectivity index (χ4n) is 1.92. The van der Waals surface area contributed by atoms with Crippen molar-refractivity contribution < 1.29 is 0 Å². The van der Waals surface area contributed by atoms with Gasteiger partial charge in [-0.1, -0.05) is 13.8 Å². The van der Waals surface area contributed by atoms with Crippen LogP contribution in [-0.4, -0.2) is 26.1 Å². The Hall–Kier alpha value is -2.15. The van der Waals surface area contributed by atoms with Crippen LogP contribution in [-0.2, 0) is 6.54 Å². The van der Waals surface area contributed by atoms with Gasteiger partial charge in [0, 0.05) is 31.0 Å². The van der Waals surface area contributed by atoms with Gasteiger partial charge in [-0.15, -0.1) is 0 Å².